The van der Waals surface area contributed by atoms with Crippen molar-refractivity contribution in [2.45, 2.75) is 38.5 Å². The Balaban J connectivity index is 1.68. The average Bonchev–Trinajstić information content (AvgIpc) is 3.33. The zero-order valence-corrected chi connectivity index (χ0v) is 13.0. The molecule has 1 fully saturated rings. The highest BCUT2D eigenvalue weighted by Gasteiger charge is 2.27. The third kappa shape index (κ3) is 2.87. The van der Waals surface area contributed by atoms with Crippen LogP contribution in [0.3, 0.4) is 0 Å². The van der Waals surface area contributed by atoms with Crippen molar-refractivity contribution in [3.05, 3.63) is 47.0 Å². The molecule has 1 aromatic heterocycles. The summed E-state index contributed by atoms with van der Waals surface area (Å²) in [6, 6.07) is 6.28. The minimum Gasteiger partial charge on any atom is -0.350 e. The summed E-state index contributed by atoms with van der Waals surface area (Å²) in [5, 5.41) is 7.58. The monoisotopic (exact) mass is 313 g/mol. The quantitative estimate of drug-likeness (QED) is 0.943. The van der Waals surface area contributed by atoms with E-state index in [2.05, 4.69) is 10.4 Å². The molecule has 0 atom stereocenters. The van der Waals surface area contributed by atoms with E-state index in [4.69, 9.17) is 0 Å². The van der Waals surface area contributed by atoms with Crippen LogP contribution in [0.1, 0.15) is 47.4 Å². The molecule has 1 amide bonds. The Labute approximate surface area is 134 Å². The molecule has 2 aliphatic carbocycles. The van der Waals surface area contributed by atoms with Crippen molar-refractivity contribution in [1.29, 1.82) is 0 Å². The lowest BCUT2D eigenvalue weighted by atomic mass is 9.95. The van der Waals surface area contributed by atoms with Crippen LogP contribution in [0.2, 0.25) is 0 Å². The number of carbonyl (C=O) groups excluding carboxylic acids is 1. The molecule has 120 valence electrons. The summed E-state index contributed by atoms with van der Waals surface area (Å²) in [4.78, 5) is 12.5. The maximum Gasteiger partial charge on any atom is 0.272 e. The van der Waals surface area contributed by atoms with Gasteiger partial charge in [0.05, 0.1) is 5.69 Å². The van der Waals surface area contributed by atoms with Crippen LogP contribution >= 0.6 is 0 Å². The zero-order chi connectivity index (χ0) is 15.8. The van der Waals surface area contributed by atoms with Crippen molar-refractivity contribution in [2.24, 2.45) is 5.92 Å². The van der Waals surface area contributed by atoms with Gasteiger partial charge in [-0.1, -0.05) is 0 Å². The number of aromatic nitrogens is 2. The maximum absolute atomic E-state index is 13.2. The summed E-state index contributed by atoms with van der Waals surface area (Å²) in [6.45, 7) is 0.747. The molecule has 4 rings (SSSR count). The highest BCUT2D eigenvalue weighted by molar-refractivity contribution is 5.94. The van der Waals surface area contributed by atoms with E-state index >= 15 is 0 Å². The average molecular weight is 313 g/mol. The molecule has 1 heterocycles. The second kappa shape index (κ2) is 5.80. The predicted octanol–water partition coefficient (Wildman–Crippen LogP) is 3.03. The lowest BCUT2D eigenvalue weighted by Gasteiger charge is -2.14. The second-order valence-corrected chi connectivity index (χ2v) is 6.52. The number of halogens is 1. The molecule has 0 bridgehead atoms. The lowest BCUT2D eigenvalue weighted by molar-refractivity contribution is 0.0945. The van der Waals surface area contributed by atoms with Crippen LogP contribution in [0.15, 0.2) is 24.3 Å². The Hall–Kier alpha value is -2.17. The van der Waals surface area contributed by atoms with E-state index in [9.17, 15) is 9.18 Å². The van der Waals surface area contributed by atoms with Gasteiger partial charge in [-0.2, -0.15) is 5.10 Å². The Morgan fingerprint density at radius 2 is 1.96 bits per heavy atom. The summed E-state index contributed by atoms with van der Waals surface area (Å²) >= 11 is 0. The van der Waals surface area contributed by atoms with Crippen LogP contribution in [0.5, 0.6) is 0 Å². The first-order valence-electron chi connectivity index (χ1n) is 8.37. The molecule has 0 aliphatic heterocycles. The van der Waals surface area contributed by atoms with Crippen molar-refractivity contribution >= 4 is 5.91 Å². The normalized spacial score (nSPS) is 16.9. The maximum atomic E-state index is 13.2. The molecule has 5 heteroatoms. The first-order chi connectivity index (χ1) is 11.2. The fourth-order valence-electron chi connectivity index (χ4n) is 3.22. The summed E-state index contributed by atoms with van der Waals surface area (Å²) in [7, 11) is 0. The van der Waals surface area contributed by atoms with Crippen LogP contribution in [0.4, 0.5) is 4.39 Å². The van der Waals surface area contributed by atoms with Gasteiger partial charge in [0, 0.05) is 17.8 Å². The summed E-state index contributed by atoms with van der Waals surface area (Å²) in [5.74, 6) is 0.307. The smallest absolute Gasteiger partial charge is 0.272 e. The molecule has 4 nitrogen and oxygen atoms in total. The van der Waals surface area contributed by atoms with Crippen molar-refractivity contribution < 1.29 is 9.18 Å². The van der Waals surface area contributed by atoms with Gasteiger partial charge in [-0.3, -0.25) is 4.79 Å². The van der Waals surface area contributed by atoms with Crippen LogP contribution < -0.4 is 5.32 Å². The Bertz CT molecular complexity index is 731. The van der Waals surface area contributed by atoms with Crippen molar-refractivity contribution in [3.63, 3.8) is 0 Å². The summed E-state index contributed by atoms with van der Waals surface area (Å²) in [6.07, 6.45) is 6.41. The van der Waals surface area contributed by atoms with Gasteiger partial charge in [-0.05, 0) is 68.7 Å². The number of carbonyl (C=O) groups is 1. The number of amides is 1. The molecule has 2 aromatic rings. The number of benzene rings is 1. The molecule has 0 unspecified atom stereocenters. The predicted molar refractivity (Wildman–Crippen MR) is 85.2 cm³/mol. The SMILES string of the molecule is O=C(NCC1CC1)c1nn(-c2ccc(F)cc2)c2c1CCCC2. The van der Waals surface area contributed by atoms with Gasteiger partial charge in [-0.15, -0.1) is 0 Å². The summed E-state index contributed by atoms with van der Waals surface area (Å²) in [5.41, 5.74) is 3.52. The van der Waals surface area contributed by atoms with E-state index < -0.39 is 0 Å². The minimum atomic E-state index is -0.267. The van der Waals surface area contributed by atoms with Gasteiger partial charge in [-0.25, -0.2) is 9.07 Å². The topological polar surface area (TPSA) is 46.9 Å². The van der Waals surface area contributed by atoms with E-state index in [0.29, 0.717) is 11.6 Å². The number of fused-ring (bicyclic) bond motifs is 1. The number of hydrogen-bond acceptors (Lipinski definition) is 2. The van der Waals surface area contributed by atoms with Crippen molar-refractivity contribution in [2.75, 3.05) is 6.54 Å². The van der Waals surface area contributed by atoms with E-state index in [0.717, 1.165) is 49.2 Å². The first kappa shape index (κ1) is 14.4. The number of rotatable bonds is 4. The zero-order valence-electron chi connectivity index (χ0n) is 13.0. The standard InChI is InChI=1S/C18H20FN3O/c19-13-7-9-14(10-8-13)22-16-4-2-1-3-15(16)17(21-22)18(23)20-11-12-5-6-12/h7-10,12H,1-6,11H2,(H,20,23). The third-order valence-corrected chi connectivity index (χ3v) is 4.71. The largest absolute Gasteiger partial charge is 0.350 e. The molecule has 1 saturated carbocycles. The van der Waals surface area contributed by atoms with E-state index in [1.807, 2.05) is 4.68 Å². The molecule has 2 aliphatic rings. The van der Waals surface area contributed by atoms with E-state index in [-0.39, 0.29) is 11.7 Å². The van der Waals surface area contributed by atoms with Gasteiger partial charge in [0.15, 0.2) is 5.69 Å². The Morgan fingerprint density at radius 1 is 1.22 bits per heavy atom. The summed E-state index contributed by atoms with van der Waals surface area (Å²) < 4.78 is 15.0. The minimum absolute atomic E-state index is 0.0732. The highest BCUT2D eigenvalue weighted by atomic mass is 19.1. The number of hydrogen-bond donors (Lipinski definition) is 1. The molecular weight excluding hydrogens is 293 g/mol. The molecule has 23 heavy (non-hydrogen) atoms. The van der Waals surface area contributed by atoms with Crippen LogP contribution in [-0.2, 0) is 12.8 Å². The van der Waals surface area contributed by atoms with Gasteiger partial charge in [0.1, 0.15) is 5.82 Å². The number of nitrogens with zero attached hydrogens (tertiary/aromatic N) is 2. The van der Waals surface area contributed by atoms with Crippen LogP contribution in [0.25, 0.3) is 5.69 Å². The van der Waals surface area contributed by atoms with Gasteiger partial charge >= 0.3 is 0 Å². The van der Waals surface area contributed by atoms with Gasteiger partial charge in [0.2, 0.25) is 0 Å². The Kier molecular flexibility index (Phi) is 3.63. The van der Waals surface area contributed by atoms with Crippen LogP contribution in [-0.4, -0.2) is 22.2 Å². The van der Waals surface area contributed by atoms with Crippen molar-refractivity contribution in [1.82, 2.24) is 15.1 Å². The van der Waals surface area contributed by atoms with Gasteiger partial charge < -0.3 is 5.32 Å². The van der Waals surface area contributed by atoms with E-state index in [1.54, 1.807) is 12.1 Å². The lowest BCUT2D eigenvalue weighted by Crippen LogP contribution is -2.27. The molecular formula is C18H20FN3O. The highest BCUT2D eigenvalue weighted by Crippen LogP contribution is 2.29. The molecule has 0 saturated heterocycles. The number of nitrogens with one attached hydrogen (secondary N) is 1. The molecule has 0 spiro atoms. The second-order valence-electron chi connectivity index (χ2n) is 6.52. The fraction of sp³-hybridized carbons (Fsp3) is 0.444. The van der Waals surface area contributed by atoms with Crippen molar-refractivity contribution in [3.8, 4) is 5.69 Å². The Morgan fingerprint density at radius 3 is 2.70 bits per heavy atom. The molecule has 1 aromatic carbocycles. The molecule has 0 radical (unpaired) electrons. The molecule has 1 N–H and O–H groups in total. The third-order valence-electron chi connectivity index (χ3n) is 4.71. The van der Waals surface area contributed by atoms with Crippen LogP contribution in [0, 0.1) is 11.7 Å². The van der Waals surface area contributed by atoms with Gasteiger partial charge in [0.25, 0.3) is 5.91 Å². The first-order valence-corrected chi connectivity index (χ1v) is 8.37. The fourth-order valence-corrected chi connectivity index (χ4v) is 3.22. The van der Waals surface area contributed by atoms with E-state index in [1.165, 1.54) is 25.0 Å².